The van der Waals surface area contributed by atoms with Gasteiger partial charge < -0.3 is 15.0 Å². The van der Waals surface area contributed by atoms with E-state index in [2.05, 4.69) is 5.32 Å². The van der Waals surface area contributed by atoms with E-state index in [1.54, 1.807) is 17.0 Å². The molecule has 2 aromatic rings. The van der Waals surface area contributed by atoms with Crippen molar-refractivity contribution >= 4 is 17.5 Å². The molecule has 0 aromatic heterocycles. The third-order valence-corrected chi connectivity index (χ3v) is 4.27. The van der Waals surface area contributed by atoms with E-state index in [9.17, 15) is 14.0 Å². The van der Waals surface area contributed by atoms with Crippen molar-refractivity contribution in [3.63, 3.8) is 0 Å². The van der Waals surface area contributed by atoms with Crippen molar-refractivity contribution in [1.29, 1.82) is 0 Å². The van der Waals surface area contributed by atoms with Crippen molar-refractivity contribution < 1.29 is 18.7 Å². The highest BCUT2D eigenvalue weighted by Crippen LogP contribution is 2.24. The van der Waals surface area contributed by atoms with Gasteiger partial charge in [-0.15, -0.1) is 0 Å². The van der Waals surface area contributed by atoms with E-state index in [1.165, 1.54) is 12.1 Å². The first kappa shape index (κ1) is 17.9. The molecule has 2 amide bonds. The zero-order valence-electron chi connectivity index (χ0n) is 14.4. The van der Waals surface area contributed by atoms with Crippen LogP contribution in [0.5, 0.6) is 5.75 Å². The second-order valence-electron chi connectivity index (χ2n) is 6.19. The maximum atomic E-state index is 12.8. The van der Waals surface area contributed by atoms with Gasteiger partial charge in [0.15, 0.2) is 0 Å². The fourth-order valence-electron chi connectivity index (χ4n) is 2.89. The number of carbonyl (C=O) groups is 2. The number of carbonyl (C=O) groups excluding carboxylic acids is 2. The molecule has 0 spiro atoms. The van der Waals surface area contributed by atoms with Gasteiger partial charge in [0, 0.05) is 25.2 Å². The van der Waals surface area contributed by atoms with Crippen LogP contribution in [0.15, 0.2) is 54.6 Å². The van der Waals surface area contributed by atoms with E-state index in [0.29, 0.717) is 31.9 Å². The van der Waals surface area contributed by atoms with Gasteiger partial charge in [-0.3, -0.25) is 9.59 Å². The van der Waals surface area contributed by atoms with Crippen LogP contribution in [-0.2, 0) is 9.59 Å². The highest BCUT2D eigenvalue weighted by Gasteiger charge is 2.34. The lowest BCUT2D eigenvalue weighted by atomic mass is 10.1. The summed E-state index contributed by atoms with van der Waals surface area (Å²) in [5.74, 6) is -0.187. The Hall–Kier alpha value is -2.89. The standard InChI is InChI=1S/C20H21FN2O3/c21-16-7-9-18(10-8-16)26-12-4-11-22-20(25)15-13-19(24)23(14-15)17-5-2-1-3-6-17/h1-3,5-10,15H,4,11-14H2,(H,22,25). The Labute approximate surface area is 151 Å². The molecule has 26 heavy (non-hydrogen) atoms. The Balaban J connectivity index is 1.39. The molecule has 136 valence electrons. The normalized spacial score (nSPS) is 16.6. The maximum Gasteiger partial charge on any atom is 0.227 e. The first-order chi connectivity index (χ1) is 12.6. The minimum atomic E-state index is -0.333. The number of benzene rings is 2. The smallest absolute Gasteiger partial charge is 0.227 e. The van der Waals surface area contributed by atoms with Crippen molar-refractivity contribution in [1.82, 2.24) is 5.32 Å². The average Bonchev–Trinajstić information content (AvgIpc) is 3.05. The van der Waals surface area contributed by atoms with E-state index >= 15 is 0 Å². The van der Waals surface area contributed by atoms with E-state index in [4.69, 9.17) is 4.74 Å². The van der Waals surface area contributed by atoms with Gasteiger partial charge in [-0.05, 0) is 42.8 Å². The van der Waals surface area contributed by atoms with Crippen LogP contribution in [0.2, 0.25) is 0 Å². The Morgan fingerprint density at radius 1 is 1.15 bits per heavy atom. The van der Waals surface area contributed by atoms with Gasteiger partial charge in [0.1, 0.15) is 11.6 Å². The summed E-state index contributed by atoms with van der Waals surface area (Å²) in [5, 5.41) is 2.85. The lowest BCUT2D eigenvalue weighted by Gasteiger charge is -2.16. The highest BCUT2D eigenvalue weighted by molar-refractivity contribution is 6.00. The third-order valence-electron chi connectivity index (χ3n) is 4.27. The van der Waals surface area contributed by atoms with Crippen LogP contribution in [-0.4, -0.2) is 31.5 Å². The number of amides is 2. The Bertz CT molecular complexity index is 749. The van der Waals surface area contributed by atoms with Gasteiger partial charge in [0.25, 0.3) is 0 Å². The Morgan fingerprint density at radius 2 is 1.88 bits per heavy atom. The first-order valence-electron chi connectivity index (χ1n) is 8.65. The number of para-hydroxylation sites is 1. The number of nitrogens with zero attached hydrogens (tertiary/aromatic N) is 1. The molecule has 2 aromatic carbocycles. The lowest BCUT2D eigenvalue weighted by Crippen LogP contribution is -2.34. The molecule has 5 nitrogen and oxygen atoms in total. The number of rotatable bonds is 7. The van der Waals surface area contributed by atoms with E-state index < -0.39 is 0 Å². The minimum Gasteiger partial charge on any atom is -0.494 e. The van der Waals surface area contributed by atoms with Crippen molar-refractivity contribution in [2.75, 3.05) is 24.6 Å². The maximum absolute atomic E-state index is 12.8. The van der Waals surface area contributed by atoms with Crippen molar-refractivity contribution in [2.24, 2.45) is 5.92 Å². The van der Waals surface area contributed by atoms with Crippen molar-refractivity contribution in [3.8, 4) is 5.75 Å². The molecule has 0 saturated carbocycles. The van der Waals surface area contributed by atoms with Gasteiger partial charge in [0.05, 0.1) is 12.5 Å². The fourth-order valence-corrected chi connectivity index (χ4v) is 2.89. The molecule has 1 aliphatic rings. The molecule has 1 saturated heterocycles. The van der Waals surface area contributed by atoms with Crippen LogP contribution in [0.25, 0.3) is 0 Å². The second-order valence-corrected chi connectivity index (χ2v) is 6.19. The molecule has 1 atom stereocenters. The molecule has 1 heterocycles. The summed E-state index contributed by atoms with van der Waals surface area (Å²) in [6, 6.07) is 15.2. The minimum absolute atomic E-state index is 0.0315. The molecule has 6 heteroatoms. The molecular formula is C20H21FN2O3. The van der Waals surface area contributed by atoms with Gasteiger partial charge in [-0.2, -0.15) is 0 Å². The molecule has 0 radical (unpaired) electrons. The second kappa shape index (κ2) is 8.47. The van der Waals surface area contributed by atoms with Crippen LogP contribution in [0, 0.1) is 11.7 Å². The Kier molecular flexibility index (Phi) is 5.84. The van der Waals surface area contributed by atoms with Gasteiger partial charge in [0.2, 0.25) is 11.8 Å². The summed E-state index contributed by atoms with van der Waals surface area (Å²) >= 11 is 0. The summed E-state index contributed by atoms with van der Waals surface area (Å²) in [6.07, 6.45) is 0.860. The van der Waals surface area contributed by atoms with Gasteiger partial charge in [-0.25, -0.2) is 4.39 Å². The number of hydrogen-bond donors (Lipinski definition) is 1. The van der Waals surface area contributed by atoms with E-state index in [1.807, 2.05) is 30.3 Å². The van der Waals surface area contributed by atoms with Gasteiger partial charge in [-0.1, -0.05) is 18.2 Å². The number of halogens is 1. The molecule has 1 N–H and O–H groups in total. The lowest BCUT2D eigenvalue weighted by molar-refractivity contribution is -0.126. The van der Waals surface area contributed by atoms with Crippen LogP contribution in [0.3, 0.4) is 0 Å². The van der Waals surface area contributed by atoms with Crippen LogP contribution in [0.4, 0.5) is 10.1 Å². The van der Waals surface area contributed by atoms with Crippen molar-refractivity contribution in [2.45, 2.75) is 12.8 Å². The summed E-state index contributed by atoms with van der Waals surface area (Å²) in [6.45, 7) is 1.29. The summed E-state index contributed by atoms with van der Waals surface area (Å²) in [4.78, 5) is 26.1. The zero-order valence-corrected chi connectivity index (χ0v) is 14.4. The monoisotopic (exact) mass is 356 g/mol. The number of nitrogens with one attached hydrogen (secondary N) is 1. The number of hydrogen-bond acceptors (Lipinski definition) is 3. The molecule has 1 unspecified atom stereocenters. The predicted molar refractivity (Wildman–Crippen MR) is 96.4 cm³/mol. The number of anilines is 1. The molecule has 0 aliphatic carbocycles. The highest BCUT2D eigenvalue weighted by atomic mass is 19.1. The average molecular weight is 356 g/mol. The van der Waals surface area contributed by atoms with Crippen LogP contribution < -0.4 is 15.0 Å². The van der Waals surface area contributed by atoms with Crippen molar-refractivity contribution in [3.05, 3.63) is 60.4 Å². The quantitative estimate of drug-likeness (QED) is 0.776. The summed E-state index contributed by atoms with van der Waals surface area (Å²) in [5.41, 5.74) is 0.820. The Morgan fingerprint density at radius 3 is 2.62 bits per heavy atom. The summed E-state index contributed by atoms with van der Waals surface area (Å²) in [7, 11) is 0. The SMILES string of the molecule is O=C(NCCCOc1ccc(F)cc1)C1CC(=O)N(c2ccccc2)C1. The van der Waals surface area contributed by atoms with E-state index in [-0.39, 0.29) is 30.0 Å². The van der Waals surface area contributed by atoms with E-state index in [0.717, 1.165) is 5.69 Å². The fraction of sp³-hybridized carbons (Fsp3) is 0.300. The zero-order chi connectivity index (χ0) is 18.4. The van der Waals surface area contributed by atoms with Crippen LogP contribution >= 0.6 is 0 Å². The molecule has 0 bridgehead atoms. The third kappa shape index (κ3) is 4.59. The largest absolute Gasteiger partial charge is 0.494 e. The summed E-state index contributed by atoms with van der Waals surface area (Å²) < 4.78 is 18.3. The molecule has 3 rings (SSSR count). The molecule has 1 fully saturated rings. The predicted octanol–water partition coefficient (Wildman–Crippen LogP) is 2.76. The first-order valence-corrected chi connectivity index (χ1v) is 8.65. The molecular weight excluding hydrogens is 335 g/mol. The van der Waals surface area contributed by atoms with Crippen LogP contribution in [0.1, 0.15) is 12.8 Å². The number of ether oxygens (including phenoxy) is 1. The molecule has 1 aliphatic heterocycles. The van der Waals surface area contributed by atoms with Gasteiger partial charge >= 0.3 is 0 Å². The topological polar surface area (TPSA) is 58.6 Å².